The van der Waals surface area contributed by atoms with Gasteiger partial charge in [0.05, 0.1) is 17.3 Å². The van der Waals surface area contributed by atoms with Gasteiger partial charge in [0.2, 0.25) is 15.0 Å². The van der Waals surface area contributed by atoms with Crippen molar-refractivity contribution in [3.63, 3.8) is 0 Å². The zero-order valence-corrected chi connectivity index (χ0v) is 13.3. The highest BCUT2D eigenvalue weighted by atomic mass is 35.7. The molecule has 1 amide bonds. The molecule has 6 nitrogen and oxygen atoms in total. The van der Waals surface area contributed by atoms with Crippen LogP contribution in [0, 0.1) is 0 Å². The van der Waals surface area contributed by atoms with Crippen LogP contribution in [0.2, 0.25) is 0 Å². The Balaban J connectivity index is 1.95. The number of hydrogen-bond acceptors (Lipinski definition) is 6. The van der Waals surface area contributed by atoms with E-state index in [0.29, 0.717) is 16.4 Å². The minimum absolute atomic E-state index is 0.0433. The molecule has 112 valence electrons. The van der Waals surface area contributed by atoms with Crippen molar-refractivity contribution in [2.45, 2.75) is 11.7 Å². The second-order valence-electron chi connectivity index (χ2n) is 4.64. The maximum absolute atomic E-state index is 12.0. The number of aromatic nitrogens is 1. The van der Waals surface area contributed by atoms with E-state index >= 15 is 0 Å². The third-order valence-corrected chi connectivity index (χ3v) is 6.23. The summed E-state index contributed by atoms with van der Waals surface area (Å²) in [6.07, 6.45) is -0.106. The number of nitrogens with zero attached hydrogens (tertiary/aromatic N) is 2. The van der Waals surface area contributed by atoms with Crippen molar-refractivity contribution in [3.8, 4) is 5.75 Å². The molecule has 0 N–H and O–H groups in total. The number of ether oxygens (including phenoxy) is 1. The molecule has 1 aromatic heterocycles. The lowest BCUT2D eigenvalue weighted by molar-refractivity contribution is -0.117. The Hall–Kier alpha value is -1.38. The van der Waals surface area contributed by atoms with Crippen molar-refractivity contribution in [1.29, 1.82) is 0 Å². The average molecular weight is 347 g/mol. The molecule has 0 bridgehead atoms. The van der Waals surface area contributed by atoms with Gasteiger partial charge in [-0.1, -0.05) is 11.3 Å². The van der Waals surface area contributed by atoms with Crippen molar-refractivity contribution in [1.82, 2.24) is 4.98 Å². The second kappa shape index (κ2) is 5.11. The number of halogens is 1. The molecule has 1 saturated heterocycles. The second-order valence-corrected chi connectivity index (χ2v) is 8.55. The van der Waals surface area contributed by atoms with Gasteiger partial charge < -0.3 is 4.74 Å². The highest BCUT2D eigenvalue weighted by Crippen LogP contribution is 2.34. The summed E-state index contributed by atoms with van der Waals surface area (Å²) >= 11 is 1.33. The molecule has 1 aliphatic heterocycles. The highest BCUT2D eigenvalue weighted by Gasteiger charge is 2.39. The summed E-state index contributed by atoms with van der Waals surface area (Å²) in [5.74, 6) is 0.392. The zero-order chi connectivity index (χ0) is 15.2. The molecule has 21 heavy (non-hydrogen) atoms. The molecule has 1 aromatic carbocycles. The molecule has 0 radical (unpaired) electrons. The maximum atomic E-state index is 12.0. The van der Waals surface area contributed by atoms with E-state index in [4.69, 9.17) is 15.4 Å². The predicted octanol–water partition coefficient (Wildman–Crippen LogP) is 1.98. The number of fused-ring (bicyclic) bond motifs is 1. The standard InChI is InChI=1S/C12H11ClN2O4S2/c1-19-7-2-3-10-9(4-7)14-12(20-10)15-6-8(5-11(15)16)21(13,17)18/h2-4,8H,5-6H2,1H3. The molecule has 1 fully saturated rings. The minimum Gasteiger partial charge on any atom is -0.497 e. The topological polar surface area (TPSA) is 76.6 Å². The number of thiazole rings is 1. The summed E-state index contributed by atoms with van der Waals surface area (Å²) in [5.41, 5.74) is 0.708. The van der Waals surface area contributed by atoms with E-state index in [0.717, 1.165) is 4.70 Å². The molecule has 0 aliphatic carbocycles. The van der Waals surface area contributed by atoms with Gasteiger partial charge in [-0.15, -0.1) is 0 Å². The molecule has 2 heterocycles. The fourth-order valence-corrected chi connectivity index (χ4v) is 4.19. The number of methoxy groups -OCH3 is 1. The Morgan fingerprint density at radius 2 is 2.24 bits per heavy atom. The van der Waals surface area contributed by atoms with Crippen LogP contribution < -0.4 is 9.64 Å². The van der Waals surface area contributed by atoms with Crippen molar-refractivity contribution >= 4 is 52.3 Å². The van der Waals surface area contributed by atoms with Gasteiger partial charge in [0.1, 0.15) is 11.0 Å². The molecule has 1 aliphatic rings. The van der Waals surface area contributed by atoms with Crippen LogP contribution in [0.25, 0.3) is 10.2 Å². The Morgan fingerprint density at radius 1 is 1.48 bits per heavy atom. The van der Waals surface area contributed by atoms with Gasteiger partial charge >= 0.3 is 0 Å². The fourth-order valence-electron chi connectivity index (χ4n) is 2.19. The van der Waals surface area contributed by atoms with E-state index < -0.39 is 14.3 Å². The summed E-state index contributed by atoms with van der Waals surface area (Å²) in [4.78, 5) is 17.7. The maximum Gasteiger partial charge on any atom is 0.237 e. The number of amides is 1. The lowest BCUT2D eigenvalue weighted by Gasteiger charge is -2.11. The molecule has 2 aromatic rings. The van der Waals surface area contributed by atoms with E-state index in [1.807, 2.05) is 12.1 Å². The quantitative estimate of drug-likeness (QED) is 0.794. The number of hydrogen-bond donors (Lipinski definition) is 0. The van der Waals surface area contributed by atoms with Crippen LogP contribution in [0.5, 0.6) is 5.75 Å². The Morgan fingerprint density at radius 3 is 2.86 bits per heavy atom. The van der Waals surface area contributed by atoms with Crippen molar-refractivity contribution in [2.75, 3.05) is 18.6 Å². The third kappa shape index (κ3) is 2.70. The Labute approximate surface area is 129 Å². The lowest BCUT2D eigenvalue weighted by atomic mass is 10.3. The smallest absolute Gasteiger partial charge is 0.237 e. The van der Waals surface area contributed by atoms with Crippen molar-refractivity contribution in [3.05, 3.63) is 18.2 Å². The molecule has 1 unspecified atom stereocenters. The summed E-state index contributed by atoms with van der Waals surface area (Å²) in [6, 6.07) is 5.43. The van der Waals surface area contributed by atoms with Gasteiger partial charge in [-0.25, -0.2) is 13.4 Å². The lowest BCUT2D eigenvalue weighted by Crippen LogP contribution is -2.26. The van der Waals surface area contributed by atoms with Gasteiger partial charge in [0.25, 0.3) is 0 Å². The SMILES string of the molecule is COc1ccc2sc(N3CC(S(=O)(=O)Cl)CC3=O)nc2c1. The normalized spacial score (nSPS) is 19.4. The number of benzene rings is 1. The number of anilines is 1. The van der Waals surface area contributed by atoms with E-state index in [2.05, 4.69) is 4.98 Å². The molecular formula is C12H11ClN2O4S2. The zero-order valence-electron chi connectivity index (χ0n) is 10.9. The van der Waals surface area contributed by atoms with E-state index in [9.17, 15) is 13.2 Å². The summed E-state index contributed by atoms with van der Waals surface area (Å²) in [7, 11) is 3.15. The molecule has 3 rings (SSSR count). The average Bonchev–Trinajstić information content (AvgIpc) is 2.99. The first-order valence-corrected chi connectivity index (χ1v) is 9.26. The van der Waals surface area contributed by atoms with Gasteiger partial charge in [-0.3, -0.25) is 9.69 Å². The van der Waals surface area contributed by atoms with Gasteiger partial charge in [-0.05, 0) is 12.1 Å². The number of carbonyl (C=O) groups excluding carboxylic acids is 1. The first-order chi connectivity index (χ1) is 9.88. The summed E-state index contributed by atoms with van der Waals surface area (Å²) in [6.45, 7) is 0.0433. The van der Waals surface area contributed by atoms with E-state index in [1.54, 1.807) is 13.2 Å². The van der Waals surface area contributed by atoms with Crippen LogP contribution in [0.4, 0.5) is 5.13 Å². The van der Waals surface area contributed by atoms with Crippen LogP contribution in [0.1, 0.15) is 6.42 Å². The largest absolute Gasteiger partial charge is 0.497 e. The molecular weight excluding hydrogens is 336 g/mol. The van der Waals surface area contributed by atoms with Crippen LogP contribution in [-0.2, 0) is 13.8 Å². The highest BCUT2D eigenvalue weighted by molar-refractivity contribution is 8.14. The van der Waals surface area contributed by atoms with Gasteiger partial charge in [-0.2, -0.15) is 0 Å². The molecule has 0 saturated carbocycles. The van der Waals surface area contributed by atoms with Crippen molar-refractivity contribution < 1.29 is 17.9 Å². The monoisotopic (exact) mass is 346 g/mol. The first-order valence-electron chi connectivity index (χ1n) is 6.07. The molecule has 0 spiro atoms. The van der Waals surface area contributed by atoms with Crippen molar-refractivity contribution in [2.24, 2.45) is 0 Å². The Kier molecular flexibility index (Phi) is 3.54. The van der Waals surface area contributed by atoms with Gasteiger partial charge in [0.15, 0.2) is 5.13 Å². The van der Waals surface area contributed by atoms with Crippen LogP contribution >= 0.6 is 22.0 Å². The molecule has 9 heteroatoms. The van der Waals surface area contributed by atoms with Gasteiger partial charge in [0, 0.05) is 29.7 Å². The number of carbonyl (C=O) groups is 1. The van der Waals surface area contributed by atoms with E-state index in [-0.39, 0.29) is 18.9 Å². The minimum atomic E-state index is -3.75. The summed E-state index contributed by atoms with van der Waals surface area (Å²) < 4.78 is 28.8. The third-order valence-electron chi connectivity index (χ3n) is 3.30. The van der Waals surface area contributed by atoms with Crippen LogP contribution in [-0.4, -0.2) is 38.2 Å². The van der Waals surface area contributed by atoms with Crippen LogP contribution in [0.3, 0.4) is 0 Å². The Bertz CT molecular complexity index is 818. The number of rotatable bonds is 3. The predicted molar refractivity (Wildman–Crippen MR) is 81.7 cm³/mol. The van der Waals surface area contributed by atoms with Crippen LogP contribution in [0.15, 0.2) is 18.2 Å². The molecule has 1 atom stereocenters. The summed E-state index contributed by atoms with van der Waals surface area (Å²) in [5, 5.41) is -0.403. The fraction of sp³-hybridized carbons (Fsp3) is 0.333. The van der Waals surface area contributed by atoms with E-state index in [1.165, 1.54) is 16.2 Å². The first kappa shape index (κ1) is 14.6.